The molecule has 0 saturated heterocycles. The van der Waals surface area contributed by atoms with Crippen LogP contribution in [0.25, 0.3) is 0 Å². The Morgan fingerprint density at radius 2 is 2.22 bits per heavy atom. The monoisotopic (exact) mass is 251 g/mol. The second kappa shape index (κ2) is 6.66. The van der Waals surface area contributed by atoms with Gasteiger partial charge in [-0.05, 0) is 12.8 Å². The molecule has 0 atom stereocenters. The topological polar surface area (TPSA) is 62.4 Å². The summed E-state index contributed by atoms with van der Waals surface area (Å²) in [4.78, 5) is 6.49. The van der Waals surface area contributed by atoms with Gasteiger partial charge in [0.2, 0.25) is 5.89 Å². The van der Waals surface area contributed by atoms with E-state index in [0.717, 1.165) is 5.82 Å². The zero-order chi connectivity index (χ0) is 12.8. The number of aliphatic hydroxyl groups excluding tert-OH is 1. The molecule has 1 saturated carbocycles. The normalized spacial score (nSPS) is 16.6. The summed E-state index contributed by atoms with van der Waals surface area (Å²) in [6.45, 7) is 5.70. The smallest absolute Gasteiger partial charge is 0.240 e. The molecule has 1 aliphatic carbocycles. The molecule has 1 fully saturated rings. The molecule has 0 bridgehead atoms. The summed E-state index contributed by atoms with van der Waals surface area (Å²) in [7, 11) is 0. The minimum atomic E-state index is 0.122. The first-order valence-corrected chi connectivity index (χ1v) is 6.60. The van der Waals surface area contributed by atoms with E-state index in [4.69, 9.17) is 9.63 Å². The molecule has 0 spiro atoms. The summed E-state index contributed by atoms with van der Waals surface area (Å²) < 4.78 is 5.28. The van der Waals surface area contributed by atoms with Crippen LogP contribution in [0.4, 0.5) is 0 Å². The maximum absolute atomic E-state index is 8.98. The van der Waals surface area contributed by atoms with Gasteiger partial charge in [0.05, 0.1) is 13.2 Å². The van der Waals surface area contributed by atoms with Crippen molar-refractivity contribution in [1.29, 1.82) is 0 Å². The number of aromatic nitrogens is 2. The Bertz CT molecular complexity index is 372. The van der Waals surface area contributed by atoms with Crippen molar-refractivity contribution < 1.29 is 9.63 Å². The van der Waals surface area contributed by atoms with Crippen molar-refractivity contribution in [2.24, 2.45) is 0 Å². The van der Waals surface area contributed by atoms with Crippen LogP contribution in [-0.2, 0) is 6.54 Å². The van der Waals surface area contributed by atoms with Crippen LogP contribution in [0.1, 0.15) is 43.3 Å². The van der Waals surface area contributed by atoms with Crippen LogP contribution in [0.3, 0.4) is 0 Å². The van der Waals surface area contributed by atoms with Crippen molar-refractivity contribution in [2.75, 3.05) is 19.7 Å². The standard InChI is InChI=1S/C13H21N3O2/c1-2-7-16(8-9-17)10-12-14-13(15-18-12)11-5-3-4-6-11/h2,11,17H,1,3-10H2. The van der Waals surface area contributed by atoms with Crippen molar-refractivity contribution in [3.63, 3.8) is 0 Å². The lowest BCUT2D eigenvalue weighted by molar-refractivity contribution is 0.186. The highest BCUT2D eigenvalue weighted by molar-refractivity contribution is 4.98. The molecular weight excluding hydrogens is 230 g/mol. The van der Waals surface area contributed by atoms with E-state index in [1.807, 2.05) is 11.0 Å². The Hall–Kier alpha value is -1.20. The molecule has 0 amide bonds. The maximum atomic E-state index is 8.98. The van der Waals surface area contributed by atoms with E-state index in [0.29, 0.717) is 31.4 Å². The molecule has 1 aromatic rings. The summed E-state index contributed by atoms with van der Waals surface area (Å²) in [5.74, 6) is 1.96. The molecule has 5 heteroatoms. The Balaban J connectivity index is 1.93. The Labute approximate surface area is 107 Å². The van der Waals surface area contributed by atoms with Gasteiger partial charge in [0, 0.05) is 19.0 Å². The molecular formula is C13H21N3O2. The van der Waals surface area contributed by atoms with Crippen LogP contribution in [0, 0.1) is 0 Å². The van der Waals surface area contributed by atoms with Gasteiger partial charge < -0.3 is 9.63 Å². The molecule has 1 N–H and O–H groups in total. The molecule has 0 aliphatic heterocycles. The highest BCUT2D eigenvalue weighted by Gasteiger charge is 2.22. The van der Waals surface area contributed by atoms with Crippen LogP contribution < -0.4 is 0 Å². The van der Waals surface area contributed by atoms with Gasteiger partial charge in [-0.3, -0.25) is 4.90 Å². The van der Waals surface area contributed by atoms with Gasteiger partial charge >= 0.3 is 0 Å². The van der Waals surface area contributed by atoms with E-state index in [-0.39, 0.29) is 6.61 Å². The molecule has 0 aromatic carbocycles. The van der Waals surface area contributed by atoms with Gasteiger partial charge in [-0.1, -0.05) is 24.1 Å². The van der Waals surface area contributed by atoms with Crippen LogP contribution >= 0.6 is 0 Å². The highest BCUT2D eigenvalue weighted by Crippen LogP contribution is 2.32. The summed E-state index contributed by atoms with van der Waals surface area (Å²) in [6, 6.07) is 0. The van der Waals surface area contributed by atoms with Crippen molar-refractivity contribution in [2.45, 2.75) is 38.1 Å². The molecule has 0 radical (unpaired) electrons. The fraction of sp³-hybridized carbons (Fsp3) is 0.692. The van der Waals surface area contributed by atoms with Crippen LogP contribution in [0.2, 0.25) is 0 Å². The number of rotatable bonds is 7. The molecule has 100 valence electrons. The van der Waals surface area contributed by atoms with Crippen molar-refractivity contribution in [3.05, 3.63) is 24.4 Å². The van der Waals surface area contributed by atoms with E-state index in [2.05, 4.69) is 16.7 Å². The second-order valence-electron chi connectivity index (χ2n) is 4.78. The lowest BCUT2D eigenvalue weighted by atomic mass is 10.1. The molecule has 1 aromatic heterocycles. The Kier molecular flexibility index (Phi) is 4.90. The lowest BCUT2D eigenvalue weighted by Crippen LogP contribution is -2.26. The van der Waals surface area contributed by atoms with Crippen LogP contribution in [0.15, 0.2) is 17.2 Å². The molecule has 0 unspecified atom stereocenters. The second-order valence-corrected chi connectivity index (χ2v) is 4.78. The summed E-state index contributed by atoms with van der Waals surface area (Å²) in [6.07, 6.45) is 6.69. The van der Waals surface area contributed by atoms with Crippen molar-refractivity contribution in [3.8, 4) is 0 Å². The summed E-state index contributed by atoms with van der Waals surface area (Å²) in [5.41, 5.74) is 0. The quantitative estimate of drug-likeness (QED) is 0.747. The third kappa shape index (κ3) is 3.40. The first kappa shape index (κ1) is 13.2. The molecule has 1 aliphatic rings. The van der Waals surface area contributed by atoms with Crippen LogP contribution in [0.5, 0.6) is 0 Å². The van der Waals surface area contributed by atoms with Gasteiger partial charge in [0.25, 0.3) is 0 Å². The minimum Gasteiger partial charge on any atom is -0.395 e. The van der Waals surface area contributed by atoms with E-state index in [1.165, 1.54) is 25.7 Å². The largest absolute Gasteiger partial charge is 0.395 e. The Morgan fingerprint density at radius 1 is 1.44 bits per heavy atom. The van der Waals surface area contributed by atoms with Crippen molar-refractivity contribution in [1.82, 2.24) is 15.0 Å². The van der Waals surface area contributed by atoms with E-state index >= 15 is 0 Å². The average molecular weight is 251 g/mol. The van der Waals surface area contributed by atoms with E-state index in [9.17, 15) is 0 Å². The van der Waals surface area contributed by atoms with Gasteiger partial charge in [-0.25, -0.2) is 0 Å². The first-order chi connectivity index (χ1) is 8.83. The molecule has 18 heavy (non-hydrogen) atoms. The predicted molar refractivity (Wildman–Crippen MR) is 68.1 cm³/mol. The Morgan fingerprint density at radius 3 is 2.89 bits per heavy atom. The lowest BCUT2D eigenvalue weighted by Gasteiger charge is -2.16. The van der Waals surface area contributed by atoms with Gasteiger partial charge in [-0.2, -0.15) is 4.98 Å². The van der Waals surface area contributed by atoms with E-state index in [1.54, 1.807) is 0 Å². The minimum absolute atomic E-state index is 0.122. The number of nitrogens with zero attached hydrogens (tertiary/aromatic N) is 3. The van der Waals surface area contributed by atoms with E-state index < -0.39 is 0 Å². The average Bonchev–Trinajstić information content (AvgIpc) is 2.98. The highest BCUT2D eigenvalue weighted by atomic mass is 16.5. The number of aliphatic hydroxyl groups is 1. The van der Waals surface area contributed by atoms with Crippen molar-refractivity contribution >= 4 is 0 Å². The zero-order valence-corrected chi connectivity index (χ0v) is 10.7. The van der Waals surface area contributed by atoms with Crippen LogP contribution in [-0.4, -0.2) is 39.8 Å². The van der Waals surface area contributed by atoms with Gasteiger partial charge in [0.1, 0.15) is 0 Å². The third-order valence-corrected chi connectivity index (χ3v) is 3.37. The fourth-order valence-corrected chi connectivity index (χ4v) is 2.43. The van der Waals surface area contributed by atoms with Gasteiger partial charge in [0.15, 0.2) is 5.82 Å². The fourth-order valence-electron chi connectivity index (χ4n) is 2.43. The first-order valence-electron chi connectivity index (χ1n) is 6.60. The maximum Gasteiger partial charge on any atom is 0.240 e. The molecule has 2 rings (SSSR count). The third-order valence-electron chi connectivity index (χ3n) is 3.37. The molecule has 5 nitrogen and oxygen atoms in total. The molecule has 1 heterocycles. The van der Waals surface area contributed by atoms with Gasteiger partial charge in [-0.15, -0.1) is 6.58 Å². The zero-order valence-electron chi connectivity index (χ0n) is 10.7. The predicted octanol–water partition coefficient (Wildman–Crippen LogP) is 1.71. The number of hydrogen-bond donors (Lipinski definition) is 1. The SMILES string of the molecule is C=CCN(CCO)Cc1nc(C2CCCC2)no1. The summed E-state index contributed by atoms with van der Waals surface area (Å²) >= 11 is 0. The summed E-state index contributed by atoms with van der Waals surface area (Å²) in [5, 5.41) is 13.0. The number of hydrogen-bond acceptors (Lipinski definition) is 5.